The molecule has 0 aliphatic heterocycles. The van der Waals surface area contributed by atoms with Crippen molar-refractivity contribution in [2.75, 3.05) is 12.8 Å². The van der Waals surface area contributed by atoms with Gasteiger partial charge in [-0.25, -0.2) is 0 Å². The molecule has 0 fully saturated rings. The number of aromatic nitrogens is 2. The Morgan fingerprint density at radius 2 is 2.58 bits per heavy atom. The van der Waals surface area contributed by atoms with Gasteiger partial charge in [0.25, 0.3) is 0 Å². The zero-order valence-electron chi connectivity index (χ0n) is 6.14. The van der Waals surface area contributed by atoms with Gasteiger partial charge in [-0.3, -0.25) is 0 Å². The van der Waals surface area contributed by atoms with Gasteiger partial charge < -0.3 is 10.6 Å². The molecule has 0 spiro atoms. The monoisotopic (exact) mass is 201 g/mol. The molecule has 1 aromatic rings. The second kappa shape index (κ2) is 4.07. The number of nitrogens with zero attached hydrogens (tertiary/aromatic N) is 3. The van der Waals surface area contributed by atoms with Crippen molar-refractivity contribution in [3.63, 3.8) is 0 Å². The molecule has 0 saturated carbocycles. The Hall–Kier alpha value is -1.08. The molecule has 0 saturated heterocycles. The van der Waals surface area contributed by atoms with E-state index in [1.807, 2.05) is 0 Å². The molecular weight excluding hydrogens is 196 g/mol. The Morgan fingerprint density at radius 3 is 3.00 bits per heavy atom. The van der Waals surface area contributed by atoms with Crippen LogP contribution >= 0.6 is 23.8 Å². The van der Waals surface area contributed by atoms with Crippen molar-refractivity contribution in [1.82, 2.24) is 9.36 Å². The Balaban J connectivity index is 2.94. The predicted octanol–water partition coefficient (Wildman–Crippen LogP) is 0.348. The van der Waals surface area contributed by atoms with Gasteiger partial charge in [0.1, 0.15) is 7.11 Å². The minimum atomic E-state index is 0.278. The molecule has 0 aliphatic rings. The number of anilines is 1. The first kappa shape index (κ1) is 9.01. The lowest BCUT2D eigenvalue weighted by atomic mass is 10.4. The summed E-state index contributed by atoms with van der Waals surface area (Å²) in [6.45, 7) is 0. The number of hydrogen-bond donors (Lipinski definition) is 1. The third-order valence-electron chi connectivity index (χ3n) is 0.933. The Morgan fingerprint density at radius 1 is 1.83 bits per heavy atom. The Labute approximate surface area is 78.4 Å². The van der Waals surface area contributed by atoms with E-state index >= 15 is 0 Å². The quantitative estimate of drug-likeness (QED) is 0.434. The van der Waals surface area contributed by atoms with Crippen LogP contribution in [0, 0.1) is 0 Å². The van der Waals surface area contributed by atoms with E-state index < -0.39 is 0 Å². The molecule has 12 heavy (non-hydrogen) atoms. The van der Waals surface area contributed by atoms with Gasteiger partial charge in [0.05, 0.1) is 5.37 Å². The second-order valence-corrected chi connectivity index (χ2v) is 2.67. The molecule has 0 atom stereocenters. The maximum absolute atomic E-state index is 5.35. The minimum absolute atomic E-state index is 0.278. The van der Waals surface area contributed by atoms with Gasteiger partial charge in [-0.1, -0.05) is 17.4 Å². The summed E-state index contributed by atoms with van der Waals surface area (Å²) < 4.78 is 3.87. The molecule has 5 nitrogen and oxygen atoms in total. The van der Waals surface area contributed by atoms with Crippen molar-refractivity contribution in [2.45, 2.75) is 0 Å². The first-order chi connectivity index (χ1) is 5.77. The van der Waals surface area contributed by atoms with E-state index in [2.05, 4.69) is 36.9 Å². The smallest absolute Gasteiger partial charge is 0.200 e. The average molecular weight is 201 g/mol. The van der Waals surface area contributed by atoms with E-state index in [9.17, 15) is 0 Å². The number of nitrogens with two attached hydrogens (primary N) is 1. The molecule has 1 heterocycles. The van der Waals surface area contributed by atoms with Crippen molar-refractivity contribution in [3.05, 3.63) is 5.82 Å². The fraction of sp³-hybridized carbons (Fsp3) is 0.200. The molecule has 1 aromatic heterocycles. The Kier molecular flexibility index (Phi) is 3.06. The van der Waals surface area contributed by atoms with Crippen molar-refractivity contribution in [3.8, 4) is 0 Å². The summed E-state index contributed by atoms with van der Waals surface area (Å²) >= 11 is 5.62. The van der Waals surface area contributed by atoms with E-state index in [-0.39, 0.29) is 5.71 Å². The van der Waals surface area contributed by atoms with Crippen LogP contribution in [0.3, 0.4) is 0 Å². The molecule has 0 unspecified atom stereocenters. The summed E-state index contributed by atoms with van der Waals surface area (Å²) in [5.41, 5.74) is 5.63. The van der Waals surface area contributed by atoms with Crippen molar-refractivity contribution >= 4 is 40.0 Å². The first-order valence-electron chi connectivity index (χ1n) is 2.86. The number of hydrogen-bond acceptors (Lipinski definition) is 7. The molecule has 0 aliphatic carbocycles. The van der Waals surface area contributed by atoms with Crippen molar-refractivity contribution < 1.29 is 4.84 Å². The van der Waals surface area contributed by atoms with Gasteiger partial charge in [0.2, 0.25) is 0 Å². The summed E-state index contributed by atoms with van der Waals surface area (Å²) in [7, 11) is 1.41. The maximum atomic E-state index is 5.35. The predicted molar refractivity (Wildman–Crippen MR) is 50.5 cm³/mol. The Bertz CT molecular complexity index is 308. The first-order valence-corrected chi connectivity index (χ1v) is 4.05. The number of nitrogen functional groups attached to an aromatic ring is 1. The molecule has 1 radical (unpaired) electrons. The van der Waals surface area contributed by atoms with Gasteiger partial charge in [-0.05, 0) is 0 Å². The summed E-state index contributed by atoms with van der Waals surface area (Å²) in [5, 5.41) is 6.28. The largest absolute Gasteiger partial charge is 0.399 e. The van der Waals surface area contributed by atoms with E-state index in [1.54, 1.807) is 0 Å². The van der Waals surface area contributed by atoms with Crippen LogP contribution in [0.5, 0.6) is 0 Å². The molecule has 1 rings (SSSR count). The third kappa shape index (κ3) is 1.95. The van der Waals surface area contributed by atoms with Gasteiger partial charge in [0.15, 0.2) is 16.7 Å². The van der Waals surface area contributed by atoms with Gasteiger partial charge in [0, 0.05) is 11.5 Å². The molecule has 0 amide bonds. The second-order valence-electron chi connectivity index (χ2n) is 1.68. The van der Waals surface area contributed by atoms with E-state index in [0.29, 0.717) is 11.0 Å². The van der Waals surface area contributed by atoms with Crippen LogP contribution < -0.4 is 5.73 Å². The van der Waals surface area contributed by atoms with E-state index in [0.717, 1.165) is 11.5 Å². The lowest BCUT2D eigenvalue weighted by Gasteiger charge is -1.89. The highest BCUT2D eigenvalue weighted by atomic mass is 32.1. The molecule has 0 aromatic carbocycles. The van der Waals surface area contributed by atoms with Crippen LogP contribution in [0.25, 0.3) is 0 Å². The molecule has 0 bridgehead atoms. The number of thiocarbonyl (C=S) groups is 1. The van der Waals surface area contributed by atoms with Gasteiger partial charge in [-0.15, -0.1) is 0 Å². The van der Waals surface area contributed by atoms with E-state index in [1.165, 1.54) is 7.11 Å². The summed E-state index contributed by atoms with van der Waals surface area (Å²) in [5.74, 6) is 0.342. The highest BCUT2D eigenvalue weighted by Crippen LogP contribution is 2.05. The van der Waals surface area contributed by atoms with Crippen LogP contribution in [0.4, 0.5) is 5.13 Å². The summed E-state index contributed by atoms with van der Waals surface area (Å²) in [6.07, 6.45) is 0. The topological polar surface area (TPSA) is 73.4 Å². The lowest BCUT2D eigenvalue weighted by molar-refractivity contribution is 0.214. The summed E-state index contributed by atoms with van der Waals surface area (Å²) in [4.78, 5) is 8.35. The number of oxime groups is 1. The average Bonchev–Trinajstić information content (AvgIpc) is 2.47. The van der Waals surface area contributed by atoms with Crippen LogP contribution in [0.15, 0.2) is 5.16 Å². The highest BCUT2D eigenvalue weighted by Gasteiger charge is 2.07. The van der Waals surface area contributed by atoms with Crippen molar-refractivity contribution in [1.29, 1.82) is 0 Å². The van der Waals surface area contributed by atoms with Crippen LogP contribution in [0.1, 0.15) is 5.82 Å². The van der Waals surface area contributed by atoms with Gasteiger partial charge in [-0.2, -0.15) is 9.36 Å². The SMILES string of the molecule is CO/N=C(\[C]=S)c1nsc(N)n1. The van der Waals surface area contributed by atoms with Crippen LogP contribution in [-0.4, -0.2) is 27.5 Å². The molecule has 2 N–H and O–H groups in total. The van der Waals surface area contributed by atoms with Crippen LogP contribution in [-0.2, 0) is 4.84 Å². The van der Waals surface area contributed by atoms with Crippen molar-refractivity contribution in [2.24, 2.45) is 5.16 Å². The van der Waals surface area contributed by atoms with Crippen LogP contribution in [0.2, 0.25) is 0 Å². The highest BCUT2D eigenvalue weighted by molar-refractivity contribution is 7.80. The van der Waals surface area contributed by atoms with Gasteiger partial charge >= 0.3 is 0 Å². The fourth-order valence-corrected chi connectivity index (χ4v) is 1.09. The zero-order valence-corrected chi connectivity index (χ0v) is 7.78. The van der Waals surface area contributed by atoms with E-state index in [4.69, 9.17) is 5.73 Å². The summed E-state index contributed by atoms with van der Waals surface area (Å²) in [6, 6.07) is 0. The molecule has 63 valence electrons. The fourth-order valence-electron chi connectivity index (χ4n) is 0.528. The third-order valence-corrected chi connectivity index (χ3v) is 1.67. The number of rotatable bonds is 3. The lowest BCUT2D eigenvalue weighted by Crippen LogP contribution is -2.04. The molecule has 7 heteroatoms. The molecular formula is C5H5N4OS2. The standard InChI is InChI=1S/C5H5N4OS2/c1-10-8-3(2-11)4-7-5(6)12-9-4/h1H3,(H2,6,7,9)/b8-3+. The maximum Gasteiger partial charge on any atom is 0.200 e. The minimum Gasteiger partial charge on any atom is -0.399 e. The zero-order chi connectivity index (χ0) is 8.97. The normalized spacial score (nSPS) is 11.2.